The van der Waals surface area contributed by atoms with Crippen LogP contribution in [0.25, 0.3) is 5.57 Å². The molecule has 5 rings (SSSR count). The molecule has 1 aliphatic carbocycles. The Morgan fingerprint density at radius 1 is 1.00 bits per heavy atom. The van der Waals surface area contributed by atoms with E-state index in [1.54, 1.807) is 11.0 Å². The number of nitrogens with zero attached hydrogens (tertiary/aromatic N) is 2. The summed E-state index contributed by atoms with van der Waals surface area (Å²) in [5, 5.41) is 0.0132. The number of carbonyl (C=O) groups excluding carboxylic acids is 1. The van der Waals surface area contributed by atoms with Crippen LogP contribution in [-0.4, -0.2) is 21.9 Å². The number of allylic oxidation sites excluding steroid dienone is 1. The Morgan fingerprint density at radius 2 is 1.77 bits per heavy atom. The molecule has 0 bridgehead atoms. The van der Waals surface area contributed by atoms with Gasteiger partial charge in [-0.25, -0.2) is 4.39 Å². The average Bonchev–Trinajstić information content (AvgIpc) is 3.05. The number of hydrogen-bond donors (Lipinski definition) is 0. The van der Waals surface area contributed by atoms with Gasteiger partial charge in [-0.05, 0) is 54.5 Å². The summed E-state index contributed by atoms with van der Waals surface area (Å²) in [5.74, 6) is -0.714. The molecular formula is C28H26ClFN2O3. The van der Waals surface area contributed by atoms with Gasteiger partial charge in [0.2, 0.25) is 5.43 Å². The minimum absolute atomic E-state index is 0.0132. The van der Waals surface area contributed by atoms with Crippen molar-refractivity contribution in [2.45, 2.75) is 45.4 Å². The van der Waals surface area contributed by atoms with E-state index in [0.29, 0.717) is 18.7 Å². The molecule has 1 amide bonds. The van der Waals surface area contributed by atoms with Crippen molar-refractivity contribution in [1.82, 2.24) is 9.47 Å². The summed E-state index contributed by atoms with van der Waals surface area (Å²) in [6.07, 6.45) is 3.36. The third-order valence-electron chi connectivity index (χ3n) is 6.70. The summed E-state index contributed by atoms with van der Waals surface area (Å²) in [4.78, 5) is 29.2. The molecule has 1 aliphatic heterocycles. The van der Waals surface area contributed by atoms with Gasteiger partial charge in [-0.1, -0.05) is 54.6 Å². The maximum Gasteiger partial charge on any atom is 0.274 e. The van der Waals surface area contributed by atoms with Gasteiger partial charge in [0.1, 0.15) is 12.4 Å². The molecule has 2 heterocycles. The predicted molar refractivity (Wildman–Crippen MR) is 134 cm³/mol. The molecule has 0 radical (unpaired) electrons. The number of hydrogen-bond acceptors (Lipinski definition) is 3. The number of carbonyl (C=O) groups is 1. The zero-order valence-electron chi connectivity index (χ0n) is 19.4. The van der Waals surface area contributed by atoms with E-state index in [-0.39, 0.29) is 41.0 Å². The first kappa shape index (κ1) is 23.4. The van der Waals surface area contributed by atoms with Crippen LogP contribution in [0.2, 0.25) is 5.02 Å². The van der Waals surface area contributed by atoms with Crippen LogP contribution < -0.4 is 10.2 Å². The fourth-order valence-electron chi connectivity index (χ4n) is 4.93. The van der Waals surface area contributed by atoms with Gasteiger partial charge in [0.05, 0.1) is 5.02 Å². The first-order chi connectivity index (χ1) is 16.9. The molecule has 7 heteroatoms. The number of rotatable bonds is 5. The highest BCUT2D eigenvalue weighted by Gasteiger charge is 2.34. The van der Waals surface area contributed by atoms with Crippen LogP contribution in [0, 0.1) is 5.82 Å². The van der Waals surface area contributed by atoms with Crippen molar-refractivity contribution in [3.8, 4) is 5.75 Å². The normalized spacial score (nSPS) is 15.4. The number of ether oxygens (including phenoxy) is 1. The van der Waals surface area contributed by atoms with Crippen LogP contribution in [-0.2, 0) is 26.1 Å². The van der Waals surface area contributed by atoms with E-state index in [2.05, 4.69) is 6.58 Å². The Labute approximate surface area is 208 Å². The van der Waals surface area contributed by atoms with Crippen molar-refractivity contribution in [3.63, 3.8) is 0 Å². The molecule has 2 aliphatic rings. The molecular weight excluding hydrogens is 467 g/mol. The molecule has 0 saturated heterocycles. The Bertz CT molecular complexity index is 1370. The Morgan fingerprint density at radius 3 is 2.54 bits per heavy atom. The lowest BCUT2D eigenvalue weighted by Gasteiger charge is -2.33. The van der Waals surface area contributed by atoms with Crippen LogP contribution in [0.4, 0.5) is 4.39 Å². The van der Waals surface area contributed by atoms with E-state index in [1.165, 1.54) is 12.1 Å². The van der Waals surface area contributed by atoms with Crippen molar-refractivity contribution in [1.29, 1.82) is 0 Å². The molecule has 0 saturated carbocycles. The molecule has 0 spiro atoms. The highest BCUT2D eigenvalue weighted by molar-refractivity contribution is 6.30. The van der Waals surface area contributed by atoms with Gasteiger partial charge in [0.25, 0.3) is 5.91 Å². The molecule has 3 aromatic rings. The molecule has 35 heavy (non-hydrogen) atoms. The Hall–Kier alpha value is -3.38. The molecule has 5 nitrogen and oxygen atoms in total. The highest BCUT2D eigenvalue weighted by atomic mass is 35.5. The molecule has 1 aromatic heterocycles. The number of benzene rings is 2. The maximum absolute atomic E-state index is 13.8. The van der Waals surface area contributed by atoms with Crippen LogP contribution >= 0.6 is 11.6 Å². The molecule has 0 fully saturated rings. The third kappa shape index (κ3) is 4.50. The summed E-state index contributed by atoms with van der Waals surface area (Å²) in [5.41, 5.74) is 3.90. The van der Waals surface area contributed by atoms with Gasteiger partial charge >= 0.3 is 0 Å². The van der Waals surface area contributed by atoms with Crippen molar-refractivity contribution < 1.29 is 13.9 Å². The van der Waals surface area contributed by atoms with Crippen molar-refractivity contribution in [3.05, 3.63) is 104 Å². The van der Waals surface area contributed by atoms with Gasteiger partial charge in [0, 0.05) is 30.9 Å². The fraction of sp³-hybridized carbons (Fsp3) is 0.286. The largest absolute Gasteiger partial charge is 0.483 e. The molecule has 0 N–H and O–H groups in total. The number of aromatic nitrogens is 1. The maximum atomic E-state index is 13.8. The number of fused-ring (bicyclic) bond motifs is 3. The molecule has 2 aromatic carbocycles. The zero-order chi connectivity index (χ0) is 24.5. The summed E-state index contributed by atoms with van der Waals surface area (Å²) in [6, 6.07) is 14.0. The van der Waals surface area contributed by atoms with Crippen molar-refractivity contribution in [2.75, 3.05) is 6.54 Å². The van der Waals surface area contributed by atoms with Crippen molar-refractivity contribution >= 4 is 23.1 Å². The molecule has 180 valence electrons. The lowest BCUT2D eigenvalue weighted by atomic mass is 10.00. The van der Waals surface area contributed by atoms with Gasteiger partial charge < -0.3 is 14.2 Å². The van der Waals surface area contributed by atoms with E-state index < -0.39 is 5.82 Å². The first-order valence-electron chi connectivity index (χ1n) is 11.8. The average molecular weight is 493 g/mol. The van der Waals surface area contributed by atoms with Crippen molar-refractivity contribution in [2.24, 2.45) is 0 Å². The van der Waals surface area contributed by atoms with Crippen LogP contribution in [0.1, 0.15) is 52.1 Å². The first-order valence-corrected chi connectivity index (χ1v) is 12.2. The summed E-state index contributed by atoms with van der Waals surface area (Å²) in [7, 11) is 0. The molecule has 0 unspecified atom stereocenters. The second kappa shape index (κ2) is 9.70. The van der Waals surface area contributed by atoms with E-state index in [4.69, 9.17) is 16.3 Å². The standard InChI is InChI=1S/C28H26ClFN2O3/c1-18-7-5-6-10-23-24(18)26(33)27(35-17-19-8-3-2-4-9-19)25-28(34)31(13-14-32(23)25)16-20-11-12-22(30)21(29)15-20/h2-4,8-9,11-12,15H,1,5-7,10,13-14,16-17H2. The Kier molecular flexibility index (Phi) is 6.48. The van der Waals surface area contributed by atoms with E-state index in [1.807, 2.05) is 34.9 Å². The number of pyridine rings is 1. The lowest BCUT2D eigenvalue weighted by molar-refractivity contribution is 0.0678. The van der Waals surface area contributed by atoms with Crippen LogP contribution in [0.3, 0.4) is 0 Å². The van der Waals surface area contributed by atoms with Crippen LogP contribution in [0.15, 0.2) is 59.9 Å². The third-order valence-corrected chi connectivity index (χ3v) is 6.98. The Balaban J connectivity index is 1.57. The topological polar surface area (TPSA) is 51.5 Å². The SMILES string of the molecule is C=C1CCCCc2c1c(=O)c(OCc1ccccc1)c1n2CCN(Cc2ccc(F)c(Cl)c2)C1=O. The number of amides is 1. The van der Waals surface area contributed by atoms with E-state index >= 15 is 0 Å². The highest BCUT2D eigenvalue weighted by Crippen LogP contribution is 2.33. The van der Waals surface area contributed by atoms with Gasteiger partial charge in [-0.15, -0.1) is 0 Å². The van der Waals surface area contributed by atoms with E-state index in [0.717, 1.165) is 48.1 Å². The number of halogens is 2. The van der Waals surface area contributed by atoms with Gasteiger partial charge in [-0.2, -0.15) is 0 Å². The summed E-state index contributed by atoms with van der Waals surface area (Å²) in [6.45, 7) is 5.61. The fourth-order valence-corrected chi connectivity index (χ4v) is 5.13. The second-order valence-corrected chi connectivity index (χ2v) is 9.45. The van der Waals surface area contributed by atoms with E-state index in [9.17, 15) is 14.0 Å². The van der Waals surface area contributed by atoms with Crippen LogP contribution in [0.5, 0.6) is 5.75 Å². The minimum Gasteiger partial charge on any atom is -0.483 e. The zero-order valence-corrected chi connectivity index (χ0v) is 20.1. The lowest BCUT2D eigenvalue weighted by Crippen LogP contribution is -2.43. The monoisotopic (exact) mass is 492 g/mol. The second-order valence-electron chi connectivity index (χ2n) is 9.04. The van der Waals surface area contributed by atoms with Gasteiger partial charge in [0.15, 0.2) is 11.4 Å². The predicted octanol–water partition coefficient (Wildman–Crippen LogP) is 5.62. The smallest absolute Gasteiger partial charge is 0.274 e. The minimum atomic E-state index is -0.503. The molecule has 0 atom stereocenters. The summed E-state index contributed by atoms with van der Waals surface area (Å²) < 4.78 is 21.7. The quantitative estimate of drug-likeness (QED) is 0.435. The van der Waals surface area contributed by atoms with Gasteiger partial charge in [-0.3, -0.25) is 9.59 Å². The summed E-state index contributed by atoms with van der Waals surface area (Å²) >= 11 is 5.95.